The summed E-state index contributed by atoms with van der Waals surface area (Å²) in [5.74, 6) is 3.06. The number of allylic oxidation sites excluding steroid dienone is 3. The van der Waals surface area contributed by atoms with Crippen molar-refractivity contribution >= 4 is 17.6 Å². The second-order valence-corrected chi connectivity index (χ2v) is 21.6. The number of aryl methyl sites for hydroxylation is 3. The molecule has 7 unspecified atom stereocenters. The lowest BCUT2D eigenvalue weighted by atomic mass is 9.57. The zero-order valence-electron chi connectivity index (χ0n) is 40.1. The summed E-state index contributed by atoms with van der Waals surface area (Å²) < 4.78 is 5.51. The average molecular weight is 905 g/mol. The van der Waals surface area contributed by atoms with Crippen LogP contribution in [0.25, 0.3) is 6.08 Å². The second kappa shape index (κ2) is 21.7. The summed E-state index contributed by atoms with van der Waals surface area (Å²) in [5, 5.41) is 21.9. The minimum atomic E-state index is -0.291. The molecule has 6 aliphatic rings. The van der Waals surface area contributed by atoms with Crippen LogP contribution >= 0.6 is 0 Å². The minimum absolute atomic E-state index is 0.0309. The van der Waals surface area contributed by atoms with E-state index in [0.29, 0.717) is 41.9 Å². The Labute approximate surface area is 400 Å². The first-order valence-corrected chi connectivity index (χ1v) is 25.9. The number of phenols is 1. The van der Waals surface area contributed by atoms with Crippen LogP contribution in [0.1, 0.15) is 124 Å². The Morgan fingerprint density at radius 3 is 2.54 bits per heavy atom. The summed E-state index contributed by atoms with van der Waals surface area (Å²) in [6.45, 7) is 3.28. The van der Waals surface area contributed by atoms with Crippen molar-refractivity contribution in [2.45, 2.75) is 134 Å². The van der Waals surface area contributed by atoms with Crippen molar-refractivity contribution in [2.75, 3.05) is 26.7 Å². The maximum Gasteiger partial charge on any atom is 0.163 e. The van der Waals surface area contributed by atoms with Crippen LogP contribution in [0.15, 0.2) is 108 Å². The molecular formula is C59H76N4O4. The SMILES string of the molecule is COc1cc(C=CC(=O)CC(=O)CCCC2(CC3C4CCNCC4CC4C=CCNC43)CCC3(CCCC3)C2)c(CC2=CNC(N)C=C2CCc2cccc(CCc3ccccc3)c2)cc1O. The molecule has 8 heteroatoms. The van der Waals surface area contributed by atoms with E-state index in [9.17, 15) is 14.7 Å². The molecule has 3 aromatic rings. The Hall–Kier alpha value is -4.76. The first-order chi connectivity index (χ1) is 32.7. The van der Waals surface area contributed by atoms with Gasteiger partial charge >= 0.3 is 0 Å². The lowest BCUT2D eigenvalue weighted by Gasteiger charge is -2.52. The molecule has 0 aromatic heterocycles. The number of rotatable bonds is 19. The number of methoxy groups -OCH3 is 1. The monoisotopic (exact) mass is 905 g/mol. The van der Waals surface area contributed by atoms with E-state index in [2.05, 4.69) is 88.8 Å². The average Bonchev–Trinajstić information content (AvgIpc) is 3.96. The number of ether oxygens (including phenoxy) is 1. The smallest absolute Gasteiger partial charge is 0.163 e. The summed E-state index contributed by atoms with van der Waals surface area (Å²) in [6, 6.07) is 23.6. The molecule has 1 spiro atoms. The number of carbonyl (C=O) groups excluding carboxylic acids is 2. The largest absolute Gasteiger partial charge is 0.504 e. The number of hydrogen-bond donors (Lipinski definition) is 5. The van der Waals surface area contributed by atoms with E-state index < -0.39 is 0 Å². The molecule has 6 N–H and O–H groups in total. The normalized spacial score (nSPS) is 27.6. The molecule has 3 aliphatic heterocycles. The number of carbonyl (C=O) groups is 2. The highest BCUT2D eigenvalue weighted by Crippen LogP contribution is 2.62. The quantitative estimate of drug-likeness (QED) is 0.0458. The molecule has 0 amide bonds. The van der Waals surface area contributed by atoms with Crippen molar-refractivity contribution in [3.8, 4) is 11.5 Å². The Bertz CT molecular complexity index is 2330. The third-order valence-electron chi connectivity index (χ3n) is 17.1. The lowest BCUT2D eigenvalue weighted by molar-refractivity contribution is -0.124. The van der Waals surface area contributed by atoms with Crippen LogP contribution in [0.2, 0.25) is 0 Å². The molecule has 3 heterocycles. The van der Waals surface area contributed by atoms with Crippen molar-refractivity contribution in [3.63, 3.8) is 0 Å². The van der Waals surface area contributed by atoms with Crippen molar-refractivity contribution < 1.29 is 19.4 Å². The van der Waals surface area contributed by atoms with Crippen LogP contribution in [-0.2, 0) is 35.3 Å². The fourth-order valence-corrected chi connectivity index (χ4v) is 13.8. The predicted octanol–water partition coefficient (Wildman–Crippen LogP) is 10.3. The number of aromatic hydroxyl groups is 1. The Morgan fingerprint density at radius 2 is 1.72 bits per heavy atom. The summed E-state index contributed by atoms with van der Waals surface area (Å²) in [4.78, 5) is 27.1. The van der Waals surface area contributed by atoms with Crippen molar-refractivity contribution in [3.05, 3.63) is 136 Å². The number of nitrogens with two attached hydrogens (primary N) is 1. The predicted molar refractivity (Wildman–Crippen MR) is 271 cm³/mol. The molecule has 1 saturated heterocycles. The molecule has 3 aromatic carbocycles. The molecule has 0 radical (unpaired) electrons. The van der Waals surface area contributed by atoms with Gasteiger partial charge in [0.15, 0.2) is 17.3 Å². The summed E-state index contributed by atoms with van der Waals surface area (Å²) in [5.41, 5.74) is 15.0. The molecule has 3 aliphatic carbocycles. The van der Waals surface area contributed by atoms with Crippen LogP contribution in [-0.4, -0.2) is 55.6 Å². The van der Waals surface area contributed by atoms with Gasteiger partial charge in [0.25, 0.3) is 0 Å². The van der Waals surface area contributed by atoms with Gasteiger partial charge in [-0.25, -0.2) is 0 Å². The lowest BCUT2D eigenvalue weighted by Crippen LogP contribution is -2.56. The maximum atomic E-state index is 13.6. The number of hydrogen-bond acceptors (Lipinski definition) is 8. The van der Waals surface area contributed by atoms with Crippen LogP contribution in [0, 0.1) is 34.5 Å². The van der Waals surface area contributed by atoms with Gasteiger partial charge in [0, 0.05) is 25.2 Å². The van der Waals surface area contributed by atoms with E-state index >= 15 is 0 Å². The van der Waals surface area contributed by atoms with Crippen molar-refractivity contribution in [1.82, 2.24) is 16.0 Å². The summed E-state index contributed by atoms with van der Waals surface area (Å²) in [6.07, 6.45) is 31.8. The van der Waals surface area contributed by atoms with Crippen molar-refractivity contribution in [2.24, 2.45) is 40.2 Å². The number of phenolic OH excluding ortho intramolecular Hbond substituents is 1. The number of nitrogens with one attached hydrogen (secondary N) is 3. The first-order valence-electron chi connectivity index (χ1n) is 25.9. The van der Waals surface area contributed by atoms with E-state index in [1.54, 1.807) is 24.3 Å². The number of Topliss-reactive ketones (excluding diaryl/α,β-unsaturated/α-hetero) is 1. The van der Waals surface area contributed by atoms with Gasteiger partial charge < -0.3 is 31.5 Å². The van der Waals surface area contributed by atoms with Crippen LogP contribution in [0.3, 0.4) is 0 Å². The van der Waals surface area contributed by atoms with Crippen LogP contribution in [0.5, 0.6) is 11.5 Å². The molecule has 0 bridgehead atoms. The molecule has 67 heavy (non-hydrogen) atoms. The van der Waals surface area contributed by atoms with Gasteiger partial charge in [-0.3, -0.25) is 9.59 Å². The standard InChI is InChI=1S/C59H76N4O4/c1-67-55-34-44(47(33-54(55)66)32-48-39-63-56(60)35-45(48)19-18-43-13-7-12-42(30-43)17-16-41-10-3-2-4-11-41)20-21-51(65)36-50(64)15-8-25-59(27-26-58(40-59)23-5-6-24-58)37-53-52-22-29-61-38-49(52)31-46-14-9-28-62-57(46)53/h2-4,7,9-14,20-21,30,33-35,39,46,49,52-53,56-57,61-63,66H,5-6,8,15-19,22-29,31-32,36-38,40,60H2,1H3. The van der Waals surface area contributed by atoms with E-state index in [4.69, 9.17) is 10.5 Å². The van der Waals surface area contributed by atoms with Crippen LogP contribution in [0.4, 0.5) is 0 Å². The van der Waals surface area contributed by atoms with Crippen LogP contribution < -0.4 is 26.4 Å². The topological polar surface area (TPSA) is 126 Å². The number of benzene rings is 3. The minimum Gasteiger partial charge on any atom is -0.504 e. The number of fused-ring (bicyclic) bond motifs is 2. The Balaban J connectivity index is 0.824. The fourth-order valence-electron chi connectivity index (χ4n) is 13.8. The summed E-state index contributed by atoms with van der Waals surface area (Å²) >= 11 is 0. The molecule has 3 saturated carbocycles. The highest BCUT2D eigenvalue weighted by molar-refractivity contribution is 6.06. The van der Waals surface area contributed by atoms with Gasteiger partial charge in [0.2, 0.25) is 0 Å². The second-order valence-electron chi connectivity index (χ2n) is 21.6. The Kier molecular flexibility index (Phi) is 15.3. The molecule has 4 fully saturated rings. The Morgan fingerprint density at radius 1 is 0.925 bits per heavy atom. The summed E-state index contributed by atoms with van der Waals surface area (Å²) in [7, 11) is 1.53. The van der Waals surface area contributed by atoms with Gasteiger partial charge in [-0.1, -0.05) is 85.7 Å². The fraction of sp³-hybridized carbons (Fsp3) is 0.525. The van der Waals surface area contributed by atoms with Crippen molar-refractivity contribution in [1.29, 1.82) is 0 Å². The van der Waals surface area contributed by atoms with E-state index in [-0.39, 0.29) is 35.3 Å². The number of piperidine rings is 1. The molecule has 9 rings (SSSR count). The van der Waals surface area contributed by atoms with E-state index in [1.807, 2.05) is 6.20 Å². The molecule has 356 valence electrons. The van der Waals surface area contributed by atoms with Gasteiger partial charge in [0.1, 0.15) is 5.78 Å². The third-order valence-corrected chi connectivity index (χ3v) is 17.1. The molecule has 7 atom stereocenters. The van der Waals surface area contributed by atoms with E-state index in [0.717, 1.165) is 92.3 Å². The first kappa shape index (κ1) is 47.3. The van der Waals surface area contributed by atoms with Gasteiger partial charge in [0.05, 0.1) is 19.7 Å². The molecular weight excluding hydrogens is 829 g/mol. The highest BCUT2D eigenvalue weighted by atomic mass is 16.5. The zero-order chi connectivity index (χ0) is 46.2. The zero-order valence-corrected chi connectivity index (χ0v) is 40.1. The van der Waals surface area contributed by atoms with Gasteiger partial charge in [-0.05, 0) is 207 Å². The molecule has 8 nitrogen and oxygen atoms in total. The third kappa shape index (κ3) is 11.8. The number of dihydropyridines is 1. The maximum absolute atomic E-state index is 13.6. The van der Waals surface area contributed by atoms with E-state index in [1.165, 1.54) is 88.0 Å². The van der Waals surface area contributed by atoms with Gasteiger partial charge in [-0.15, -0.1) is 0 Å². The number of ketones is 2. The van der Waals surface area contributed by atoms with Gasteiger partial charge in [-0.2, -0.15) is 0 Å². The highest BCUT2D eigenvalue weighted by Gasteiger charge is 2.53.